The van der Waals surface area contributed by atoms with Crippen LogP contribution in [0.3, 0.4) is 0 Å². The quantitative estimate of drug-likeness (QED) is 0.884. The summed E-state index contributed by atoms with van der Waals surface area (Å²) in [5.41, 5.74) is 1.59. The molecule has 0 aromatic heterocycles. The maximum atomic E-state index is 9.20. The molecule has 0 aliphatic carbocycles. The second-order valence-electron chi connectivity index (χ2n) is 3.74. The molecular weight excluding hydrogens is 267 g/mol. The fourth-order valence-electron chi connectivity index (χ4n) is 1.60. The van der Waals surface area contributed by atoms with E-state index in [1.54, 1.807) is 18.2 Å². The molecule has 2 aromatic carbocycles. The highest BCUT2D eigenvalue weighted by Gasteiger charge is 2.11. The van der Waals surface area contributed by atoms with Gasteiger partial charge in [0.2, 0.25) is 0 Å². The second kappa shape index (κ2) is 5.77. The Bertz CT molecular complexity index is 576. The monoisotopic (exact) mass is 276 g/mol. The number of nitrogens with zero attached hydrogens (tertiary/aromatic N) is 1. The van der Waals surface area contributed by atoms with Crippen molar-refractivity contribution < 1.29 is 0 Å². The molecule has 0 heterocycles. The van der Waals surface area contributed by atoms with Crippen molar-refractivity contribution in [3.63, 3.8) is 0 Å². The molecule has 0 spiro atoms. The molecule has 0 aliphatic heterocycles. The first-order valence-corrected chi connectivity index (χ1v) is 6.12. The van der Waals surface area contributed by atoms with Crippen molar-refractivity contribution in [3.8, 4) is 6.07 Å². The molecule has 2 aromatic rings. The maximum absolute atomic E-state index is 9.20. The van der Waals surface area contributed by atoms with Crippen molar-refractivity contribution in [2.45, 2.75) is 6.04 Å². The predicted molar refractivity (Wildman–Crippen MR) is 74.9 cm³/mol. The van der Waals surface area contributed by atoms with Crippen LogP contribution >= 0.6 is 23.2 Å². The third kappa shape index (κ3) is 2.95. The van der Waals surface area contributed by atoms with E-state index in [1.807, 2.05) is 30.3 Å². The Balaban J connectivity index is 2.24. The van der Waals surface area contributed by atoms with Gasteiger partial charge in [0, 0.05) is 5.02 Å². The summed E-state index contributed by atoms with van der Waals surface area (Å²) in [6.07, 6.45) is 0. The van der Waals surface area contributed by atoms with Crippen LogP contribution in [-0.2, 0) is 0 Å². The lowest BCUT2D eigenvalue weighted by atomic mass is 10.1. The molecule has 2 nitrogen and oxygen atoms in total. The van der Waals surface area contributed by atoms with Gasteiger partial charge in [0.15, 0.2) is 0 Å². The second-order valence-corrected chi connectivity index (χ2v) is 4.58. The Morgan fingerprint density at radius 2 is 1.78 bits per heavy atom. The molecule has 1 atom stereocenters. The topological polar surface area (TPSA) is 35.8 Å². The molecule has 4 heteroatoms. The molecule has 0 saturated carbocycles. The normalized spacial score (nSPS) is 11.6. The van der Waals surface area contributed by atoms with E-state index in [2.05, 4.69) is 11.4 Å². The molecular formula is C14H10Cl2N2. The van der Waals surface area contributed by atoms with Gasteiger partial charge in [-0.3, -0.25) is 0 Å². The van der Waals surface area contributed by atoms with Crippen molar-refractivity contribution in [2.24, 2.45) is 0 Å². The Morgan fingerprint density at radius 3 is 2.39 bits per heavy atom. The van der Waals surface area contributed by atoms with Gasteiger partial charge in [-0.25, -0.2) is 0 Å². The van der Waals surface area contributed by atoms with E-state index in [1.165, 1.54) is 0 Å². The van der Waals surface area contributed by atoms with E-state index in [4.69, 9.17) is 23.2 Å². The smallest absolute Gasteiger partial charge is 0.140 e. The van der Waals surface area contributed by atoms with Gasteiger partial charge < -0.3 is 5.32 Å². The summed E-state index contributed by atoms with van der Waals surface area (Å²) in [4.78, 5) is 0. The van der Waals surface area contributed by atoms with E-state index in [-0.39, 0.29) is 0 Å². The van der Waals surface area contributed by atoms with Crippen LogP contribution in [0.1, 0.15) is 11.6 Å². The minimum Gasteiger partial charge on any atom is -0.365 e. The average molecular weight is 277 g/mol. The summed E-state index contributed by atoms with van der Waals surface area (Å²) in [5.74, 6) is 0. The van der Waals surface area contributed by atoms with Crippen molar-refractivity contribution >= 4 is 28.9 Å². The standard InChI is InChI=1S/C14H10Cl2N2/c15-11-6-7-13(12(16)8-11)18-14(9-17)10-4-2-1-3-5-10/h1-8,14,18H/t14-/m1/s1. The molecule has 0 bridgehead atoms. The number of rotatable bonds is 3. The highest BCUT2D eigenvalue weighted by molar-refractivity contribution is 6.36. The minimum atomic E-state index is -0.440. The first-order chi connectivity index (χ1) is 8.70. The van der Waals surface area contributed by atoms with E-state index in [0.29, 0.717) is 15.7 Å². The van der Waals surface area contributed by atoms with E-state index >= 15 is 0 Å². The molecule has 0 aliphatic rings. The number of hydrogen-bond donors (Lipinski definition) is 1. The zero-order valence-corrected chi connectivity index (χ0v) is 10.9. The number of anilines is 1. The summed E-state index contributed by atoms with van der Waals surface area (Å²) >= 11 is 11.9. The van der Waals surface area contributed by atoms with Gasteiger partial charge in [-0.2, -0.15) is 5.26 Å². The van der Waals surface area contributed by atoms with Gasteiger partial charge in [-0.15, -0.1) is 0 Å². The average Bonchev–Trinajstić information content (AvgIpc) is 2.39. The van der Waals surface area contributed by atoms with Crippen molar-refractivity contribution in [2.75, 3.05) is 5.32 Å². The third-order valence-electron chi connectivity index (χ3n) is 2.49. The fourth-order valence-corrected chi connectivity index (χ4v) is 2.06. The van der Waals surface area contributed by atoms with Gasteiger partial charge >= 0.3 is 0 Å². The summed E-state index contributed by atoms with van der Waals surface area (Å²) < 4.78 is 0. The molecule has 2 rings (SSSR count). The number of benzene rings is 2. The molecule has 0 unspecified atom stereocenters. The van der Waals surface area contributed by atoms with Crippen molar-refractivity contribution in [3.05, 3.63) is 64.1 Å². The Kier molecular flexibility index (Phi) is 4.09. The summed E-state index contributed by atoms with van der Waals surface area (Å²) in [7, 11) is 0. The first kappa shape index (κ1) is 12.8. The first-order valence-electron chi connectivity index (χ1n) is 5.37. The summed E-state index contributed by atoms with van der Waals surface area (Å²) in [6, 6.07) is 16.4. The van der Waals surface area contributed by atoms with Crippen LogP contribution in [0, 0.1) is 11.3 Å². The lowest BCUT2D eigenvalue weighted by molar-refractivity contribution is 0.998. The number of nitrogens with one attached hydrogen (secondary N) is 1. The van der Waals surface area contributed by atoms with E-state index < -0.39 is 6.04 Å². The molecule has 0 fully saturated rings. The Morgan fingerprint density at radius 1 is 1.06 bits per heavy atom. The van der Waals surface area contributed by atoms with Crippen molar-refractivity contribution in [1.29, 1.82) is 5.26 Å². The lowest BCUT2D eigenvalue weighted by Gasteiger charge is -2.14. The molecule has 1 N–H and O–H groups in total. The molecule has 0 amide bonds. The third-order valence-corrected chi connectivity index (χ3v) is 3.04. The summed E-state index contributed by atoms with van der Waals surface area (Å²) in [5, 5.41) is 13.4. The number of hydrogen-bond acceptors (Lipinski definition) is 2. The highest BCUT2D eigenvalue weighted by atomic mass is 35.5. The van der Waals surface area contributed by atoms with Crippen LogP contribution in [0.5, 0.6) is 0 Å². The van der Waals surface area contributed by atoms with E-state index in [9.17, 15) is 5.26 Å². The zero-order valence-electron chi connectivity index (χ0n) is 9.40. The van der Waals surface area contributed by atoms with Crippen molar-refractivity contribution in [1.82, 2.24) is 0 Å². The molecule has 0 saturated heterocycles. The fraction of sp³-hybridized carbons (Fsp3) is 0.0714. The van der Waals surface area contributed by atoms with Gasteiger partial charge in [0.05, 0.1) is 16.8 Å². The summed E-state index contributed by atoms with van der Waals surface area (Å²) in [6.45, 7) is 0. The van der Waals surface area contributed by atoms with Crippen LogP contribution in [0.4, 0.5) is 5.69 Å². The van der Waals surface area contributed by atoms with Gasteiger partial charge in [-0.05, 0) is 23.8 Å². The Labute approximate surface area is 116 Å². The van der Waals surface area contributed by atoms with Crippen LogP contribution in [-0.4, -0.2) is 0 Å². The maximum Gasteiger partial charge on any atom is 0.140 e. The predicted octanol–water partition coefficient (Wildman–Crippen LogP) is 4.67. The van der Waals surface area contributed by atoms with Gasteiger partial charge in [0.25, 0.3) is 0 Å². The van der Waals surface area contributed by atoms with Crippen LogP contribution in [0.25, 0.3) is 0 Å². The zero-order chi connectivity index (χ0) is 13.0. The highest BCUT2D eigenvalue weighted by Crippen LogP contribution is 2.28. The number of halogens is 2. The molecule has 0 radical (unpaired) electrons. The molecule has 18 heavy (non-hydrogen) atoms. The number of nitriles is 1. The van der Waals surface area contributed by atoms with Crippen LogP contribution in [0.15, 0.2) is 48.5 Å². The van der Waals surface area contributed by atoms with E-state index in [0.717, 1.165) is 5.56 Å². The van der Waals surface area contributed by atoms with Gasteiger partial charge in [-0.1, -0.05) is 53.5 Å². The van der Waals surface area contributed by atoms with Gasteiger partial charge in [0.1, 0.15) is 6.04 Å². The molecule has 90 valence electrons. The minimum absolute atomic E-state index is 0.440. The Hall–Kier alpha value is -1.69. The van der Waals surface area contributed by atoms with Crippen LogP contribution in [0.2, 0.25) is 10.0 Å². The SMILES string of the molecule is N#C[C@@H](Nc1ccc(Cl)cc1Cl)c1ccccc1. The largest absolute Gasteiger partial charge is 0.365 e. The van der Waals surface area contributed by atoms with Crippen LogP contribution < -0.4 is 5.32 Å². The lowest BCUT2D eigenvalue weighted by Crippen LogP contribution is -2.08.